The molecule has 0 heterocycles. The molecule has 7 heteroatoms. The van der Waals surface area contributed by atoms with Crippen LogP contribution in [0.25, 0.3) is 0 Å². The molecule has 0 aliphatic heterocycles. The molecule has 0 saturated heterocycles. The maximum Gasteiger partial charge on any atom is 0.319 e. The van der Waals surface area contributed by atoms with Crippen molar-refractivity contribution in [1.82, 2.24) is 5.32 Å². The summed E-state index contributed by atoms with van der Waals surface area (Å²) in [5, 5.41) is 13.4. The zero-order valence-electron chi connectivity index (χ0n) is 10.7. The summed E-state index contributed by atoms with van der Waals surface area (Å²) in [7, 11) is 3.01. The molecular formula is C12H16N2O5. The lowest BCUT2D eigenvalue weighted by Crippen LogP contribution is -2.30. The van der Waals surface area contributed by atoms with Gasteiger partial charge >= 0.3 is 12.0 Å². The summed E-state index contributed by atoms with van der Waals surface area (Å²) in [6.07, 6.45) is -0.126. The molecule has 0 radical (unpaired) electrons. The lowest BCUT2D eigenvalue weighted by molar-refractivity contribution is -0.136. The molecule has 2 amide bonds. The van der Waals surface area contributed by atoms with Gasteiger partial charge in [-0.1, -0.05) is 0 Å². The lowest BCUT2D eigenvalue weighted by Gasteiger charge is -2.11. The number of carboxylic acids is 1. The van der Waals surface area contributed by atoms with Crippen LogP contribution < -0.4 is 20.1 Å². The van der Waals surface area contributed by atoms with Crippen LogP contribution in [0.5, 0.6) is 11.5 Å². The number of urea groups is 1. The molecular weight excluding hydrogens is 252 g/mol. The molecule has 3 N–H and O–H groups in total. The minimum atomic E-state index is -0.966. The number of carbonyl (C=O) groups is 2. The van der Waals surface area contributed by atoms with Crippen molar-refractivity contribution >= 4 is 17.7 Å². The second-order valence-corrected chi connectivity index (χ2v) is 3.59. The standard InChI is InChI=1S/C12H16N2O5/c1-18-9-4-3-8(7-10(9)19-2)14-12(17)13-6-5-11(15)16/h3-4,7H,5-6H2,1-2H3,(H,15,16)(H2,13,14,17). The molecule has 0 aliphatic rings. The molecule has 0 aliphatic carbocycles. The molecule has 7 nitrogen and oxygen atoms in total. The van der Waals surface area contributed by atoms with Gasteiger partial charge in [0.05, 0.1) is 20.6 Å². The monoisotopic (exact) mass is 268 g/mol. The van der Waals surface area contributed by atoms with E-state index < -0.39 is 12.0 Å². The first kappa shape index (κ1) is 14.6. The van der Waals surface area contributed by atoms with Crippen molar-refractivity contribution in [2.75, 3.05) is 26.1 Å². The van der Waals surface area contributed by atoms with Gasteiger partial charge in [-0.2, -0.15) is 0 Å². The van der Waals surface area contributed by atoms with Gasteiger partial charge in [0.15, 0.2) is 11.5 Å². The third-order valence-electron chi connectivity index (χ3n) is 2.27. The van der Waals surface area contributed by atoms with Crippen molar-refractivity contribution in [1.29, 1.82) is 0 Å². The molecule has 0 unspecified atom stereocenters. The van der Waals surface area contributed by atoms with E-state index in [2.05, 4.69) is 10.6 Å². The Morgan fingerprint density at radius 3 is 2.47 bits per heavy atom. The van der Waals surface area contributed by atoms with Crippen LogP contribution in [0.15, 0.2) is 18.2 Å². The number of anilines is 1. The van der Waals surface area contributed by atoms with Crippen LogP contribution >= 0.6 is 0 Å². The number of hydrogen-bond donors (Lipinski definition) is 3. The number of amides is 2. The largest absolute Gasteiger partial charge is 0.493 e. The molecule has 104 valence electrons. The Kier molecular flexibility index (Phi) is 5.46. The number of aliphatic carboxylic acids is 1. The van der Waals surface area contributed by atoms with E-state index >= 15 is 0 Å². The van der Waals surface area contributed by atoms with Crippen molar-refractivity contribution in [3.63, 3.8) is 0 Å². The first-order valence-corrected chi connectivity index (χ1v) is 5.55. The smallest absolute Gasteiger partial charge is 0.319 e. The Balaban J connectivity index is 2.57. The average molecular weight is 268 g/mol. The predicted octanol–water partition coefficient (Wildman–Crippen LogP) is 1.30. The topological polar surface area (TPSA) is 96.9 Å². The Hall–Kier alpha value is -2.44. The molecule has 0 aromatic heterocycles. The van der Waals surface area contributed by atoms with Crippen LogP contribution in [0.1, 0.15) is 6.42 Å². The van der Waals surface area contributed by atoms with E-state index in [1.54, 1.807) is 18.2 Å². The molecule has 0 spiro atoms. The summed E-state index contributed by atoms with van der Waals surface area (Å²) in [6.45, 7) is 0.0639. The summed E-state index contributed by atoms with van der Waals surface area (Å²) in [4.78, 5) is 21.8. The number of benzene rings is 1. The average Bonchev–Trinajstić information content (AvgIpc) is 2.38. The molecule has 0 bridgehead atoms. The summed E-state index contributed by atoms with van der Waals surface area (Å²) in [5.41, 5.74) is 0.519. The van der Waals surface area contributed by atoms with Crippen molar-refractivity contribution in [2.45, 2.75) is 6.42 Å². The number of nitrogens with one attached hydrogen (secondary N) is 2. The van der Waals surface area contributed by atoms with Gasteiger partial charge in [-0.3, -0.25) is 4.79 Å². The minimum Gasteiger partial charge on any atom is -0.493 e. The first-order valence-electron chi connectivity index (χ1n) is 5.55. The fraction of sp³-hybridized carbons (Fsp3) is 0.333. The molecule has 1 aromatic rings. The quantitative estimate of drug-likeness (QED) is 0.722. The normalized spacial score (nSPS) is 9.58. The van der Waals surface area contributed by atoms with Gasteiger partial charge < -0.3 is 25.2 Å². The molecule has 1 rings (SSSR count). The SMILES string of the molecule is COc1ccc(NC(=O)NCCC(=O)O)cc1OC. The van der Waals surface area contributed by atoms with E-state index in [-0.39, 0.29) is 13.0 Å². The van der Waals surface area contributed by atoms with E-state index in [0.29, 0.717) is 17.2 Å². The van der Waals surface area contributed by atoms with Crippen LogP contribution in [0.4, 0.5) is 10.5 Å². The van der Waals surface area contributed by atoms with Crippen LogP contribution in [0.3, 0.4) is 0 Å². The molecule has 0 atom stereocenters. The van der Waals surface area contributed by atoms with Crippen LogP contribution in [-0.4, -0.2) is 37.9 Å². The third kappa shape index (κ3) is 4.74. The van der Waals surface area contributed by atoms with Gasteiger partial charge in [0.1, 0.15) is 0 Å². The van der Waals surface area contributed by atoms with Gasteiger partial charge in [-0.05, 0) is 12.1 Å². The van der Waals surface area contributed by atoms with Crippen LogP contribution in [0, 0.1) is 0 Å². The van der Waals surface area contributed by atoms with Crippen molar-refractivity contribution in [2.24, 2.45) is 0 Å². The fourth-order valence-electron chi connectivity index (χ4n) is 1.37. The van der Waals surface area contributed by atoms with E-state index in [1.807, 2.05) is 0 Å². The molecule has 0 saturated carbocycles. The number of hydrogen-bond acceptors (Lipinski definition) is 4. The highest BCUT2D eigenvalue weighted by molar-refractivity contribution is 5.89. The maximum absolute atomic E-state index is 11.5. The fourth-order valence-corrected chi connectivity index (χ4v) is 1.37. The van der Waals surface area contributed by atoms with Crippen molar-refractivity contribution in [3.8, 4) is 11.5 Å². The Bertz CT molecular complexity index is 461. The van der Waals surface area contributed by atoms with Gasteiger partial charge in [0.25, 0.3) is 0 Å². The van der Waals surface area contributed by atoms with Gasteiger partial charge in [-0.15, -0.1) is 0 Å². The zero-order valence-corrected chi connectivity index (χ0v) is 10.7. The van der Waals surface area contributed by atoms with Crippen molar-refractivity contribution < 1.29 is 24.2 Å². The summed E-state index contributed by atoms with van der Waals surface area (Å²) < 4.78 is 10.2. The highest BCUT2D eigenvalue weighted by Gasteiger charge is 2.07. The highest BCUT2D eigenvalue weighted by atomic mass is 16.5. The second-order valence-electron chi connectivity index (χ2n) is 3.59. The molecule has 0 fully saturated rings. The maximum atomic E-state index is 11.5. The van der Waals surface area contributed by atoms with E-state index in [4.69, 9.17) is 14.6 Å². The van der Waals surface area contributed by atoms with Crippen LogP contribution in [-0.2, 0) is 4.79 Å². The van der Waals surface area contributed by atoms with Crippen LogP contribution in [0.2, 0.25) is 0 Å². The number of ether oxygens (including phenoxy) is 2. The number of methoxy groups -OCH3 is 2. The van der Waals surface area contributed by atoms with Gasteiger partial charge in [-0.25, -0.2) is 4.79 Å². The van der Waals surface area contributed by atoms with E-state index in [9.17, 15) is 9.59 Å². The third-order valence-corrected chi connectivity index (χ3v) is 2.27. The second kappa shape index (κ2) is 7.10. The summed E-state index contributed by atoms with van der Waals surface area (Å²) in [5.74, 6) is 0.0802. The number of rotatable bonds is 6. The number of carboxylic acid groups (broad SMARTS) is 1. The zero-order chi connectivity index (χ0) is 14.3. The van der Waals surface area contributed by atoms with Gasteiger partial charge in [0.2, 0.25) is 0 Å². The summed E-state index contributed by atoms with van der Waals surface area (Å²) >= 11 is 0. The Labute approximate surface area is 110 Å². The Morgan fingerprint density at radius 1 is 1.21 bits per heavy atom. The lowest BCUT2D eigenvalue weighted by atomic mass is 10.3. The van der Waals surface area contributed by atoms with Gasteiger partial charge in [0, 0.05) is 18.3 Å². The highest BCUT2D eigenvalue weighted by Crippen LogP contribution is 2.29. The Morgan fingerprint density at radius 2 is 1.89 bits per heavy atom. The molecule has 19 heavy (non-hydrogen) atoms. The predicted molar refractivity (Wildman–Crippen MR) is 68.8 cm³/mol. The number of carbonyl (C=O) groups excluding carboxylic acids is 1. The molecule has 1 aromatic carbocycles. The van der Waals surface area contributed by atoms with Crippen molar-refractivity contribution in [3.05, 3.63) is 18.2 Å². The van der Waals surface area contributed by atoms with E-state index in [1.165, 1.54) is 14.2 Å². The summed E-state index contributed by atoms with van der Waals surface area (Å²) in [6, 6.07) is 4.44. The minimum absolute atomic E-state index is 0.0639. The first-order chi connectivity index (χ1) is 9.06. The van der Waals surface area contributed by atoms with E-state index in [0.717, 1.165) is 0 Å².